The molecule has 0 radical (unpaired) electrons. The van der Waals surface area contributed by atoms with Gasteiger partial charge in [0, 0.05) is 49.8 Å². The highest BCUT2D eigenvalue weighted by Crippen LogP contribution is 2.43. The number of ether oxygens (including phenoxy) is 1. The summed E-state index contributed by atoms with van der Waals surface area (Å²) in [5.74, 6) is 2.20. The van der Waals surface area contributed by atoms with E-state index in [-0.39, 0.29) is 5.91 Å². The maximum absolute atomic E-state index is 14.2. The molecule has 1 saturated carbocycles. The van der Waals surface area contributed by atoms with Gasteiger partial charge in [0.15, 0.2) is 0 Å². The van der Waals surface area contributed by atoms with E-state index in [4.69, 9.17) is 9.72 Å². The molecule has 9 heteroatoms. The van der Waals surface area contributed by atoms with Crippen LogP contribution in [0.4, 0.5) is 11.6 Å². The number of likely N-dealkylation sites (tertiary alicyclic amines) is 1. The van der Waals surface area contributed by atoms with Gasteiger partial charge in [0.1, 0.15) is 11.2 Å². The molecule has 4 heterocycles. The Hall–Kier alpha value is -3.46. The lowest BCUT2D eigenvalue weighted by molar-refractivity contribution is -0.124. The molecule has 2 fully saturated rings. The second-order valence-electron chi connectivity index (χ2n) is 9.94. The maximum atomic E-state index is 14.2. The first-order chi connectivity index (χ1) is 17.1. The predicted octanol–water partition coefficient (Wildman–Crippen LogP) is 3.11. The Bertz CT molecular complexity index is 1190. The van der Waals surface area contributed by atoms with Gasteiger partial charge in [0.2, 0.25) is 11.9 Å². The number of rotatable bonds is 7. The van der Waals surface area contributed by atoms with Gasteiger partial charge < -0.3 is 15.0 Å². The van der Waals surface area contributed by atoms with Crippen molar-refractivity contribution in [1.82, 2.24) is 25.1 Å². The second-order valence-corrected chi connectivity index (χ2v) is 9.94. The van der Waals surface area contributed by atoms with Gasteiger partial charge in [0.25, 0.3) is 0 Å². The zero-order valence-corrected chi connectivity index (χ0v) is 20.0. The summed E-state index contributed by atoms with van der Waals surface area (Å²) in [5.41, 5.74) is 3.01. The van der Waals surface area contributed by atoms with Crippen LogP contribution in [0.2, 0.25) is 0 Å². The third kappa shape index (κ3) is 4.03. The molecule has 1 aliphatic carbocycles. The Morgan fingerprint density at radius 3 is 2.80 bits per heavy atom. The highest BCUT2D eigenvalue weighted by Gasteiger charge is 2.53. The average molecular weight is 474 g/mol. The zero-order chi connectivity index (χ0) is 23.8. The Morgan fingerprint density at radius 1 is 1.23 bits per heavy atom. The Morgan fingerprint density at radius 2 is 2.09 bits per heavy atom. The monoisotopic (exact) mass is 473 g/mol. The summed E-state index contributed by atoms with van der Waals surface area (Å²) >= 11 is 0. The third-order valence-corrected chi connectivity index (χ3v) is 7.75. The lowest BCUT2D eigenvalue weighted by Gasteiger charge is -2.40. The Balaban J connectivity index is 1.34. The lowest BCUT2D eigenvalue weighted by atomic mass is 9.77. The molecular weight excluding hydrogens is 442 g/mol. The van der Waals surface area contributed by atoms with Gasteiger partial charge in [-0.2, -0.15) is 5.10 Å². The first kappa shape index (κ1) is 22.0. The first-order valence-electron chi connectivity index (χ1n) is 12.4. The number of aromatic nitrogens is 4. The van der Waals surface area contributed by atoms with E-state index in [1.807, 2.05) is 47.6 Å². The van der Waals surface area contributed by atoms with Crippen molar-refractivity contribution >= 4 is 17.5 Å². The van der Waals surface area contributed by atoms with Crippen molar-refractivity contribution in [1.29, 1.82) is 0 Å². The minimum absolute atomic E-state index is 0.100. The number of fused-ring (bicyclic) bond motifs is 2. The summed E-state index contributed by atoms with van der Waals surface area (Å²) in [7, 11) is 1.65. The highest BCUT2D eigenvalue weighted by atomic mass is 16.5. The van der Waals surface area contributed by atoms with Crippen molar-refractivity contribution in [2.45, 2.75) is 44.2 Å². The van der Waals surface area contributed by atoms with E-state index >= 15 is 0 Å². The van der Waals surface area contributed by atoms with E-state index in [9.17, 15) is 4.79 Å². The van der Waals surface area contributed by atoms with Gasteiger partial charge in [-0.15, -0.1) is 0 Å². The maximum Gasteiger partial charge on any atom is 0.240 e. The fourth-order valence-corrected chi connectivity index (χ4v) is 5.53. The van der Waals surface area contributed by atoms with Crippen molar-refractivity contribution in [2.24, 2.45) is 5.92 Å². The van der Waals surface area contributed by atoms with Crippen LogP contribution in [-0.4, -0.2) is 57.7 Å². The Kier molecular flexibility index (Phi) is 5.64. The number of nitrogens with zero attached hydrogens (tertiary/aromatic N) is 5. The Labute approximate surface area is 204 Å². The number of amides is 1. The number of methoxy groups -OCH3 is 1. The van der Waals surface area contributed by atoms with Crippen LogP contribution in [0.3, 0.4) is 0 Å². The van der Waals surface area contributed by atoms with Crippen LogP contribution in [0.1, 0.15) is 42.6 Å². The number of carbonyl (C=O) groups is 1. The number of hydrogen-bond acceptors (Lipinski definition) is 7. The molecular formula is C26H31N7O2. The molecule has 3 aliphatic rings. The molecule has 3 aromatic rings. The SMILES string of the molecule is COc1ccc(N2Cc3cnc(NCC4CCC4)nc3C3(CCN(Cc4cc[nH]n4)C3)C2=O)cc1. The minimum Gasteiger partial charge on any atom is -0.497 e. The van der Waals surface area contributed by atoms with E-state index in [1.165, 1.54) is 19.3 Å². The predicted molar refractivity (Wildman–Crippen MR) is 132 cm³/mol. The molecule has 1 spiro atoms. The van der Waals surface area contributed by atoms with Gasteiger partial charge in [0.05, 0.1) is 25.0 Å². The summed E-state index contributed by atoms with van der Waals surface area (Å²) in [4.78, 5) is 28.0. The van der Waals surface area contributed by atoms with Gasteiger partial charge in [-0.25, -0.2) is 9.97 Å². The van der Waals surface area contributed by atoms with E-state index < -0.39 is 5.41 Å². The summed E-state index contributed by atoms with van der Waals surface area (Å²) in [6.07, 6.45) is 8.29. The first-order valence-corrected chi connectivity index (χ1v) is 12.4. The molecule has 2 N–H and O–H groups in total. The van der Waals surface area contributed by atoms with E-state index in [0.29, 0.717) is 31.5 Å². The van der Waals surface area contributed by atoms with Crippen LogP contribution in [0.15, 0.2) is 42.7 Å². The summed E-state index contributed by atoms with van der Waals surface area (Å²) in [6.45, 7) is 3.47. The molecule has 182 valence electrons. The summed E-state index contributed by atoms with van der Waals surface area (Å²) in [5, 5.41) is 10.6. The molecule has 6 rings (SSSR count). The zero-order valence-electron chi connectivity index (χ0n) is 20.0. The van der Waals surface area contributed by atoms with Crippen LogP contribution in [0.5, 0.6) is 5.75 Å². The number of benzene rings is 1. The quantitative estimate of drug-likeness (QED) is 0.544. The summed E-state index contributed by atoms with van der Waals surface area (Å²) < 4.78 is 5.32. The molecule has 1 unspecified atom stereocenters. The van der Waals surface area contributed by atoms with Crippen molar-refractivity contribution in [3.05, 3.63) is 59.7 Å². The van der Waals surface area contributed by atoms with Crippen LogP contribution in [0.25, 0.3) is 0 Å². The number of aromatic amines is 1. The van der Waals surface area contributed by atoms with Crippen LogP contribution >= 0.6 is 0 Å². The fourth-order valence-electron chi connectivity index (χ4n) is 5.53. The minimum atomic E-state index is -0.709. The lowest BCUT2D eigenvalue weighted by Crippen LogP contribution is -2.53. The van der Waals surface area contributed by atoms with Crippen LogP contribution < -0.4 is 15.0 Å². The van der Waals surface area contributed by atoms with Gasteiger partial charge in [-0.05, 0) is 55.5 Å². The van der Waals surface area contributed by atoms with Gasteiger partial charge >= 0.3 is 0 Å². The molecule has 1 aromatic carbocycles. The number of nitrogens with one attached hydrogen (secondary N) is 2. The van der Waals surface area contributed by atoms with Crippen molar-refractivity contribution < 1.29 is 9.53 Å². The van der Waals surface area contributed by atoms with Gasteiger partial charge in [-0.3, -0.25) is 14.8 Å². The molecule has 2 aliphatic heterocycles. The number of hydrogen-bond donors (Lipinski definition) is 2. The molecule has 9 nitrogen and oxygen atoms in total. The molecule has 1 atom stereocenters. The van der Waals surface area contributed by atoms with E-state index in [2.05, 4.69) is 25.4 Å². The molecule has 1 saturated heterocycles. The normalized spacial score (nSPS) is 22.3. The van der Waals surface area contributed by atoms with E-state index in [1.54, 1.807) is 7.11 Å². The summed E-state index contributed by atoms with van der Waals surface area (Å²) in [6, 6.07) is 9.67. The van der Waals surface area contributed by atoms with Crippen molar-refractivity contribution in [3.63, 3.8) is 0 Å². The molecule has 0 bridgehead atoms. The molecule has 2 aromatic heterocycles. The largest absolute Gasteiger partial charge is 0.497 e. The number of anilines is 2. The second kappa shape index (κ2) is 8.96. The fraction of sp³-hybridized carbons (Fsp3) is 0.462. The van der Waals surface area contributed by atoms with Gasteiger partial charge in [-0.1, -0.05) is 6.42 Å². The number of carbonyl (C=O) groups excluding carboxylic acids is 1. The average Bonchev–Trinajstić information content (AvgIpc) is 3.52. The molecule has 1 amide bonds. The smallest absolute Gasteiger partial charge is 0.240 e. The third-order valence-electron chi connectivity index (χ3n) is 7.75. The highest BCUT2D eigenvalue weighted by molar-refractivity contribution is 6.03. The topological polar surface area (TPSA) is 99.3 Å². The standard InChI is InChI=1S/C26H31N7O2/c1-35-22-7-5-21(6-8-22)33-15-19-14-28-25(27-13-18-3-2-4-18)30-23(19)26(24(33)34)10-12-32(17-26)16-20-9-11-29-31-20/h5-9,11,14,18H,2-4,10,12-13,15-17H2,1H3,(H,29,31)(H,27,28,30). The number of H-pyrrole nitrogens is 1. The van der Waals surface area contributed by atoms with Crippen molar-refractivity contribution in [3.8, 4) is 5.75 Å². The van der Waals surface area contributed by atoms with Crippen molar-refractivity contribution in [2.75, 3.05) is 37.0 Å². The van der Waals surface area contributed by atoms with Crippen LogP contribution in [0, 0.1) is 5.92 Å². The van der Waals surface area contributed by atoms with E-state index in [0.717, 1.165) is 47.9 Å². The molecule has 35 heavy (non-hydrogen) atoms. The van der Waals surface area contributed by atoms with Crippen LogP contribution in [-0.2, 0) is 23.3 Å².